The van der Waals surface area contributed by atoms with Crippen LogP contribution in [0.2, 0.25) is 0 Å². The standard InChI is InChI=1S/C46H46N2/c1-31-13-12-14-32(27-31)44-38-21-18-35(48-25-10-5-11-26-48)30-41(38)45(39-22-19-34(29-40(39)44)47-23-8-4-9-24-47)33-17-20-37-36-15-6-7-16-42(36)46(2,3)43(37)28-33/h6-7,12-22,27-30H,4-5,8-11,23-26H2,1-3H3. The molecule has 240 valence electrons. The van der Waals surface area contributed by atoms with Gasteiger partial charge >= 0.3 is 0 Å². The van der Waals surface area contributed by atoms with Crippen LogP contribution in [0.5, 0.6) is 0 Å². The number of hydrogen-bond acceptors (Lipinski definition) is 2. The third-order valence-corrected chi connectivity index (χ3v) is 11.7. The molecular weight excluding hydrogens is 581 g/mol. The predicted octanol–water partition coefficient (Wildman–Crippen LogP) is 11.9. The van der Waals surface area contributed by atoms with Crippen molar-refractivity contribution in [2.24, 2.45) is 0 Å². The van der Waals surface area contributed by atoms with Gasteiger partial charge in [-0.3, -0.25) is 0 Å². The van der Waals surface area contributed by atoms with Crippen LogP contribution >= 0.6 is 0 Å². The molecule has 6 aromatic rings. The van der Waals surface area contributed by atoms with Crippen LogP contribution in [0.15, 0.2) is 103 Å². The van der Waals surface area contributed by atoms with Crippen molar-refractivity contribution < 1.29 is 0 Å². The van der Waals surface area contributed by atoms with E-state index in [1.165, 1.54) is 122 Å². The lowest BCUT2D eigenvalue weighted by atomic mass is 9.80. The van der Waals surface area contributed by atoms with Crippen molar-refractivity contribution >= 4 is 32.9 Å². The monoisotopic (exact) mass is 626 g/mol. The van der Waals surface area contributed by atoms with E-state index < -0.39 is 0 Å². The summed E-state index contributed by atoms with van der Waals surface area (Å²) in [4.78, 5) is 5.23. The molecule has 0 radical (unpaired) electrons. The summed E-state index contributed by atoms with van der Waals surface area (Å²) in [6.45, 7) is 11.6. The minimum atomic E-state index is -0.0462. The summed E-state index contributed by atoms with van der Waals surface area (Å²) in [7, 11) is 0. The molecule has 0 atom stereocenters. The molecule has 48 heavy (non-hydrogen) atoms. The van der Waals surface area contributed by atoms with Crippen LogP contribution in [-0.4, -0.2) is 26.2 Å². The van der Waals surface area contributed by atoms with Gasteiger partial charge in [-0.25, -0.2) is 0 Å². The van der Waals surface area contributed by atoms with E-state index in [9.17, 15) is 0 Å². The van der Waals surface area contributed by atoms with Crippen molar-refractivity contribution in [3.8, 4) is 33.4 Å². The zero-order valence-corrected chi connectivity index (χ0v) is 28.8. The Hall–Kier alpha value is -4.56. The molecule has 0 bridgehead atoms. The maximum absolute atomic E-state index is 2.62. The van der Waals surface area contributed by atoms with Gasteiger partial charge < -0.3 is 9.80 Å². The number of aryl methyl sites for hydroxylation is 1. The third-order valence-electron chi connectivity index (χ3n) is 11.7. The fourth-order valence-corrected chi connectivity index (χ4v) is 9.18. The van der Waals surface area contributed by atoms with Gasteiger partial charge in [0, 0.05) is 43.0 Å². The number of hydrogen-bond donors (Lipinski definition) is 0. The number of nitrogens with zero attached hydrogens (tertiary/aromatic N) is 2. The second-order valence-electron chi connectivity index (χ2n) is 15.1. The molecule has 2 heterocycles. The Morgan fingerprint density at radius 2 is 1.02 bits per heavy atom. The zero-order chi connectivity index (χ0) is 32.4. The predicted molar refractivity (Wildman–Crippen MR) is 207 cm³/mol. The highest BCUT2D eigenvalue weighted by atomic mass is 15.1. The van der Waals surface area contributed by atoms with Gasteiger partial charge in [0.15, 0.2) is 0 Å². The van der Waals surface area contributed by atoms with Gasteiger partial charge in [0.05, 0.1) is 0 Å². The van der Waals surface area contributed by atoms with Gasteiger partial charge in [-0.15, -0.1) is 0 Å². The van der Waals surface area contributed by atoms with Gasteiger partial charge in [-0.05, 0) is 142 Å². The summed E-state index contributed by atoms with van der Waals surface area (Å²) in [6.07, 6.45) is 7.78. The van der Waals surface area contributed by atoms with Crippen molar-refractivity contribution in [2.75, 3.05) is 36.0 Å². The molecular formula is C46H46N2. The maximum atomic E-state index is 2.62. The first kappa shape index (κ1) is 29.6. The quantitative estimate of drug-likeness (QED) is 0.180. The lowest BCUT2D eigenvalue weighted by molar-refractivity contribution is 0.578. The van der Waals surface area contributed by atoms with E-state index >= 15 is 0 Å². The van der Waals surface area contributed by atoms with E-state index in [0.717, 1.165) is 26.2 Å². The molecule has 2 fully saturated rings. The van der Waals surface area contributed by atoms with Gasteiger partial charge in [0.1, 0.15) is 0 Å². The summed E-state index contributed by atoms with van der Waals surface area (Å²) < 4.78 is 0. The van der Waals surface area contributed by atoms with Crippen LogP contribution in [0, 0.1) is 6.92 Å². The van der Waals surface area contributed by atoms with E-state index in [0.29, 0.717) is 0 Å². The molecule has 0 spiro atoms. The minimum Gasteiger partial charge on any atom is -0.372 e. The average molecular weight is 627 g/mol. The normalized spacial score (nSPS) is 17.1. The van der Waals surface area contributed by atoms with Gasteiger partial charge in [0.2, 0.25) is 0 Å². The van der Waals surface area contributed by atoms with E-state index in [1.54, 1.807) is 0 Å². The van der Waals surface area contributed by atoms with Crippen LogP contribution in [0.1, 0.15) is 69.1 Å². The summed E-state index contributed by atoms with van der Waals surface area (Å²) >= 11 is 0. The number of piperidine rings is 2. The first-order chi connectivity index (χ1) is 23.5. The highest BCUT2D eigenvalue weighted by Gasteiger charge is 2.35. The SMILES string of the molecule is Cc1cccc(-c2c3ccc(N4CCCCC4)cc3c(-c3ccc4c(c3)C(C)(C)c3ccccc3-4)c3ccc(N4CCCCC4)cc23)c1. The summed E-state index contributed by atoms with van der Waals surface area (Å²) in [6, 6.07) is 40.3. The van der Waals surface area contributed by atoms with E-state index in [4.69, 9.17) is 0 Å². The smallest absolute Gasteiger partial charge is 0.0372 e. The number of benzene rings is 6. The Morgan fingerprint density at radius 1 is 0.458 bits per heavy atom. The van der Waals surface area contributed by atoms with E-state index in [-0.39, 0.29) is 5.41 Å². The first-order valence-electron chi connectivity index (χ1n) is 18.3. The summed E-state index contributed by atoms with van der Waals surface area (Å²) in [5, 5.41) is 5.42. The second kappa shape index (κ2) is 11.5. The highest BCUT2D eigenvalue weighted by molar-refractivity contribution is 6.22. The van der Waals surface area contributed by atoms with E-state index in [1.807, 2.05) is 0 Å². The minimum absolute atomic E-state index is 0.0462. The topological polar surface area (TPSA) is 6.48 Å². The molecule has 2 saturated heterocycles. The fraction of sp³-hybridized carbons (Fsp3) is 0.304. The van der Waals surface area contributed by atoms with Crippen LogP contribution in [0.3, 0.4) is 0 Å². The average Bonchev–Trinajstić information content (AvgIpc) is 3.36. The van der Waals surface area contributed by atoms with Crippen LogP contribution in [0.25, 0.3) is 54.9 Å². The van der Waals surface area contributed by atoms with E-state index in [2.05, 4.69) is 134 Å². The van der Waals surface area contributed by atoms with Crippen molar-refractivity contribution in [3.05, 3.63) is 120 Å². The van der Waals surface area contributed by atoms with Gasteiger partial charge in [0.25, 0.3) is 0 Å². The lowest BCUT2D eigenvalue weighted by Crippen LogP contribution is -2.29. The molecule has 2 nitrogen and oxygen atoms in total. The van der Waals surface area contributed by atoms with Crippen LogP contribution in [-0.2, 0) is 5.41 Å². The molecule has 1 aliphatic carbocycles. The van der Waals surface area contributed by atoms with Gasteiger partial charge in [-0.2, -0.15) is 0 Å². The van der Waals surface area contributed by atoms with Crippen molar-refractivity contribution in [1.82, 2.24) is 0 Å². The van der Waals surface area contributed by atoms with Gasteiger partial charge in [-0.1, -0.05) is 92.2 Å². The largest absolute Gasteiger partial charge is 0.372 e. The maximum Gasteiger partial charge on any atom is 0.0372 e. The Labute approximate surface area is 286 Å². The molecule has 0 unspecified atom stereocenters. The van der Waals surface area contributed by atoms with Crippen molar-refractivity contribution in [3.63, 3.8) is 0 Å². The highest BCUT2D eigenvalue weighted by Crippen LogP contribution is 2.52. The molecule has 0 saturated carbocycles. The lowest BCUT2D eigenvalue weighted by Gasteiger charge is -2.30. The molecule has 2 heteroatoms. The van der Waals surface area contributed by atoms with Crippen LogP contribution < -0.4 is 9.80 Å². The third kappa shape index (κ3) is 4.75. The molecule has 0 N–H and O–H groups in total. The first-order valence-corrected chi connectivity index (χ1v) is 18.3. The molecule has 6 aromatic carbocycles. The zero-order valence-electron chi connectivity index (χ0n) is 28.8. The summed E-state index contributed by atoms with van der Waals surface area (Å²) in [5.41, 5.74) is 15.0. The molecule has 0 aromatic heterocycles. The summed E-state index contributed by atoms with van der Waals surface area (Å²) in [5.74, 6) is 0. The van der Waals surface area contributed by atoms with Crippen molar-refractivity contribution in [2.45, 2.75) is 64.7 Å². The number of anilines is 2. The molecule has 0 amide bonds. The Morgan fingerprint density at radius 3 is 1.62 bits per heavy atom. The molecule has 9 rings (SSSR count). The van der Waals surface area contributed by atoms with Crippen molar-refractivity contribution in [1.29, 1.82) is 0 Å². The number of fused-ring (bicyclic) bond motifs is 5. The molecule has 2 aliphatic heterocycles. The number of rotatable bonds is 4. The second-order valence-corrected chi connectivity index (χ2v) is 15.1. The Bertz CT molecular complexity index is 2190. The molecule has 3 aliphatic rings. The Balaban J connectivity index is 1.36. The Kier molecular flexibility index (Phi) is 7.11. The van der Waals surface area contributed by atoms with Crippen LogP contribution in [0.4, 0.5) is 11.4 Å². The fourth-order valence-electron chi connectivity index (χ4n) is 9.18.